The fourth-order valence-electron chi connectivity index (χ4n) is 5.58. The molecule has 4 rings (SSSR count). The number of esters is 1. The minimum Gasteiger partial charge on any atom is -0.467 e. The predicted octanol–water partition coefficient (Wildman–Crippen LogP) is 4.71. The lowest BCUT2D eigenvalue weighted by Gasteiger charge is -2.35. The molecule has 0 spiro atoms. The molecule has 1 N–H and O–H groups in total. The molecule has 2 aromatic carbocycles. The maximum Gasteiger partial charge on any atom is 0.407 e. The number of ether oxygens (including phenoxy) is 3. The van der Waals surface area contributed by atoms with Crippen LogP contribution in [-0.4, -0.2) is 62.3 Å². The van der Waals surface area contributed by atoms with E-state index in [9.17, 15) is 14.4 Å². The van der Waals surface area contributed by atoms with Crippen LogP contribution in [-0.2, 0) is 35.8 Å². The van der Waals surface area contributed by atoms with Crippen LogP contribution in [0, 0.1) is 5.41 Å². The van der Waals surface area contributed by atoms with Crippen LogP contribution in [0.25, 0.3) is 10.8 Å². The van der Waals surface area contributed by atoms with Gasteiger partial charge in [0.15, 0.2) is 0 Å². The Bertz CT molecular complexity index is 1190. The monoisotopic (exact) mass is 524 g/mol. The normalized spacial score (nSPS) is 25.4. The Morgan fingerprint density at radius 2 is 1.76 bits per heavy atom. The van der Waals surface area contributed by atoms with E-state index in [2.05, 4.69) is 35.6 Å². The highest BCUT2D eigenvalue weighted by molar-refractivity contribution is 5.91. The number of fused-ring (bicyclic) bond motifs is 5. The van der Waals surface area contributed by atoms with Gasteiger partial charge < -0.3 is 24.4 Å². The molecule has 5 bridgehead atoms. The van der Waals surface area contributed by atoms with Gasteiger partial charge in [-0.3, -0.25) is 4.79 Å². The average Bonchev–Trinajstić information content (AvgIpc) is 3.30. The first-order valence-electron chi connectivity index (χ1n) is 13.5. The Morgan fingerprint density at radius 3 is 2.47 bits per heavy atom. The molecule has 0 aliphatic carbocycles. The molecular weight excluding hydrogens is 484 g/mol. The summed E-state index contributed by atoms with van der Waals surface area (Å²) in [5, 5.41) is 5.00. The van der Waals surface area contributed by atoms with Crippen molar-refractivity contribution in [3.05, 3.63) is 47.5 Å². The van der Waals surface area contributed by atoms with E-state index in [1.54, 1.807) is 7.11 Å². The molecule has 206 valence electrons. The summed E-state index contributed by atoms with van der Waals surface area (Å²) in [5.41, 5.74) is 0.613. The topological polar surface area (TPSA) is 94.2 Å². The summed E-state index contributed by atoms with van der Waals surface area (Å²) >= 11 is 0. The summed E-state index contributed by atoms with van der Waals surface area (Å²) in [5.74, 6) is -0.887. The SMILES string of the molecule is COC(=O)[C@@H]1C[C@]2(OC)CN1C(=O)[C@H](C(C)(C)C)NC(=O)OCCCCCCc1ccc3ccc2cc3c1. The molecule has 1 fully saturated rings. The van der Waals surface area contributed by atoms with Gasteiger partial charge in [0.25, 0.3) is 0 Å². The number of hydrogen-bond acceptors (Lipinski definition) is 6. The second-order valence-electron chi connectivity index (χ2n) is 11.5. The van der Waals surface area contributed by atoms with Crippen LogP contribution in [0.5, 0.6) is 0 Å². The fourth-order valence-corrected chi connectivity index (χ4v) is 5.58. The van der Waals surface area contributed by atoms with Crippen molar-refractivity contribution in [2.45, 2.75) is 77.0 Å². The van der Waals surface area contributed by atoms with Crippen LogP contribution < -0.4 is 5.32 Å². The molecule has 8 heteroatoms. The number of nitrogens with zero attached hydrogens (tertiary/aromatic N) is 1. The molecule has 38 heavy (non-hydrogen) atoms. The molecule has 2 aromatic rings. The van der Waals surface area contributed by atoms with Gasteiger partial charge >= 0.3 is 12.1 Å². The number of carbonyl (C=O) groups excluding carboxylic acids is 3. The molecular formula is C30H40N2O6. The number of methoxy groups -OCH3 is 2. The van der Waals surface area contributed by atoms with E-state index in [0.29, 0.717) is 0 Å². The molecule has 1 saturated heterocycles. The molecule has 2 aliphatic rings. The maximum absolute atomic E-state index is 14.0. The number of amides is 2. The van der Waals surface area contributed by atoms with Gasteiger partial charge in [0.1, 0.15) is 17.7 Å². The molecule has 0 radical (unpaired) electrons. The summed E-state index contributed by atoms with van der Waals surface area (Å²) < 4.78 is 16.6. The Hall–Kier alpha value is -3.13. The van der Waals surface area contributed by atoms with Gasteiger partial charge in [-0.2, -0.15) is 0 Å². The lowest BCUT2D eigenvalue weighted by Crippen LogP contribution is -2.57. The minimum absolute atomic E-state index is 0.149. The van der Waals surface area contributed by atoms with Crippen molar-refractivity contribution in [1.82, 2.24) is 10.2 Å². The lowest BCUT2D eigenvalue weighted by atomic mass is 9.85. The summed E-state index contributed by atoms with van der Waals surface area (Å²) in [4.78, 5) is 41.2. The molecule has 3 atom stereocenters. The Morgan fingerprint density at radius 1 is 1.03 bits per heavy atom. The molecule has 2 aliphatic heterocycles. The number of hydrogen-bond donors (Lipinski definition) is 1. The molecule has 0 aromatic heterocycles. The Balaban J connectivity index is 1.79. The zero-order valence-electron chi connectivity index (χ0n) is 23.2. The van der Waals surface area contributed by atoms with Crippen LogP contribution in [0.15, 0.2) is 36.4 Å². The number of nitrogens with one attached hydrogen (secondary N) is 1. The third kappa shape index (κ3) is 5.80. The van der Waals surface area contributed by atoms with E-state index in [0.717, 1.165) is 48.4 Å². The Labute approximate surface area is 225 Å². The fraction of sp³-hybridized carbons (Fsp3) is 0.567. The van der Waals surface area contributed by atoms with Crippen LogP contribution in [0.3, 0.4) is 0 Å². The van der Waals surface area contributed by atoms with Crippen molar-refractivity contribution in [2.24, 2.45) is 5.41 Å². The zero-order chi connectivity index (χ0) is 27.5. The smallest absolute Gasteiger partial charge is 0.407 e. The quantitative estimate of drug-likeness (QED) is 0.572. The minimum atomic E-state index is -0.912. The first-order chi connectivity index (χ1) is 18.1. The van der Waals surface area contributed by atoms with E-state index in [-0.39, 0.29) is 25.5 Å². The molecule has 0 saturated carbocycles. The number of alkyl carbamates (subject to hydrolysis) is 1. The first-order valence-corrected chi connectivity index (χ1v) is 13.5. The average molecular weight is 525 g/mol. The predicted molar refractivity (Wildman–Crippen MR) is 145 cm³/mol. The largest absolute Gasteiger partial charge is 0.467 e. The number of aryl methyl sites for hydroxylation is 1. The molecule has 2 heterocycles. The van der Waals surface area contributed by atoms with Gasteiger partial charge in [-0.1, -0.05) is 63.9 Å². The van der Waals surface area contributed by atoms with E-state index in [1.807, 2.05) is 26.8 Å². The van der Waals surface area contributed by atoms with E-state index < -0.39 is 35.2 Å². The number of benzene rings is 2. The van der Waals surface area contributed by atoms with Gasteiger partial charge in [-0.25, -0.2) is 9.59 Å². The highest BCUT2D eigenvalue weighted by Crippen LogP contribution is 2.41. The third-order valence-electron chi connectivity index (χ3n) is 7.87. The van der Waals surface area contributed by atoms with E-state index in [4.69, 9.17) is 14.2 Å². The summed E-state index contributed by atoms with van der Waals surface area (Å²) in [6.45, 7) is 6.06. The highest BCUT2D eigenvalue weighted by atomic mass is 16.5. The standard InChI is InChI=1S/C30H40N2O6/c1-29(2,3)25-26(33)32-19-30(37-5,18-24(32)27(34)36-4)23-14-13-21-12-11-20(16-22(21)17-23)10-8-6-7-9-15-38-28(35)31-25/h11-14,16-17,24-25H,6-10,15,18-19H2,1-5H3,(H,31,35)/t24-,25+,30-/m0/s1. The maximum atomic E-state index is 14.0. The third-order valence-corrected chi connectivity index (χ3v) is 7.87. The summed E-state index contributed by atoms with van der Waals surface area (Å²) in [6.07, 6.45) is 4.39. The number of carbonyl (C=O) groups is 3. The van der Waals surface area contributed by atoms with E-state index >= 15 is 0 Å². The van der Waals surface area contributed by atoms with Crippen molar-refractivity contribution >= 4 is 28.7 Å². The van der Waals surface area contributed by atoms with Crippen molar-refractivity contribution in [1.29, 1.82) is 0 Å². The van der Waals surface area contributed by atoms with Crippen LogP contribution >= 0.6 is 0 Å². The Kier molecular flexibility index (Phi) is 8.31. The van der Waals surface area contributed by atoms with Crippen molar-refractivity contribution in [2.75, 3.05) is 27.4 Å². The lowest BCUT2D eigenvalue weighted by molar-refractivity contribution is -0.152. The zero-order valence-corrected chi connectivity index (χ0v) is 23.2. The van der Waals surface area contributed by atoms with Gasteiger partial charge in [0, 0.05) is 13.5 Å². The van der Waals surface area contributed by atoms with Crippen molar-refractivity contribution < 1.29 is 28.6 Å². The van der Waals surface area contributed by atoms with Gasteiger partial charge in [-0.15, -0.1) is 0 Å². The van der Waals surface area contributed by atoms with Crippen molar-refractivity contribution in [3.63, 3.8) is 0 Å². The van der Waals surface area contributed by atoms with Crippen LogP contribution in [0.1, 0.15) is 64.0 Å². The van der Waals surface area contributed by atoms with Crippen LogP contribution in [0.2, 0.25) is 0 Å². The number of cyclic esters (lactones) is 1. The van der Waals surface area contributed by atoms with Gasteiger partial charge in [0.2, 0.25) is 5.91 Å². The molecule has 8 nitrogen and oxygen atoms in total. The van der Waals surface area contributed by atoms with E-state index in [1.165, 1.54) is 17.6 Å². The van der Waals surface area contributed by atoms with Gasteiger partial charge in [0.05, 0.1) is 20.3 Å². The summed E-state index contributed by atoms with van der Waals surface area (Å²) in [6, 6.07) is 10.9. The second-order valence-corrected chi connectivity index (χ2v) is 11.5. The second kappa shape index (κ2) is 11.3. The highest BCUT2D eigenvalue weighted by Gasteiger charge is 2.53. The number of rotatable bonds is 2. The van der Waals surface area contributed by atoms with Crippen molar-refractivity contribution in [3.8, 4) is 0 Å². The molecule has 2 amide bonds. The summed E-state index contributed by atoms with van der Waals surface area (Å²) in [7, 11) is 2.92. The van der Waals surface area contributed by atoms with Crippen LogP contribution in [0.4, 0.5) is 4.79 Å². The first kappa shape index (κ1) is 27.9. The molecule has 0 unspecified atom stereocenters. The van der Waals surface area contributed by atoms with Gasteiger partial charge in [-0.05, 0) is 52.6 Å².